The Bertz CT molecular complexity index is 2330. The lowest BCUT2D eigenvalue weighted by Crippen LogP contribution is -2.05. The molecule has 0 aliphatic heterocycles. The van der Waals surface area contributed by atoms with Crippen molar-refractivity contribution in [3.05, 3.63) is 130 Å². The number of hydrogen-bond donors (Lipinski definition) is 0. The van der Waals surface area contributed by atoms with Crippen LogP contribution in [-0.4, -0.2) is 0 Å². The molecule has 0 saturated heterocycles. The van der Waals surface area contributed by atoms with Crippen LogP contribution in [0.15, 0.2) is 102 Å². The minimum absolute atomic E-state index is 0.101. The van der Waals surface area contributed by atoms with Crippen LogP contribution in [0.2, 0.25) is 0 Å². The summed E-state index contributed by atoms with van der Waals surface area (Å²) in [5.41, 5.74) is 5.26. The first kappa shape index (κ1) is 26.5. The third-order valence-corrected chi connectivity index (χ3v) is 8.23. The molecule has 0 unspecified atom stereocenters. The highest BCUT2D eigenvalue weighted by molar-refractivity contribution is 6.12. The van der Waals surface area contributed by atoms with Gasteiger partial charge < -0.3 is 0 Å². The zero-order valence-corrected chi connectivity index (χ0v) is 22.6. The van der Waals surface area contributed by atoms with Crippen LogP contribution in [0.5, 0.6) is 0 Å². The molecule has 0 aromatic heterocycles. The van der Waals surface area contributed by atoms with Crippen molar-refractivity contribution in [1.29, 1.82) is 21.0 Å². The van der Waals surface area contributed by atoms with Crippen molar-refractivity contribution in [2.45, 2.75) is 6.18 Å². The average Bonchev–Trinajstić information content (AvgIpc) is 3.52. The molecule has 2 aliphatic carbocycles. The Balaban J connectivity index is 1.52. The molecular weight excluding hydrogens is 557 g/mol. The Morgan fingerprint density at radius 3 is 1.59 bits per heavy atom. The highest BCUT2D eigenvalue weighted by atomic mass is 19.4. The third-order valence-electron chi connectivity index (χ3n) is 8.23. The van der Waals surface area contributed by atoms with Crippen LogP contribution in [0.25, 0.3) is 55.3 Å². The fourth-order valence-corrected chi connectivity index (χ4v) is 6.35. The normalized spacial score (nSPS) is 12.2. The van der Waals surface area contributed by atoms with Crippen LogP contribution in [0.1, 0.15) is 27.8 Å². The number of fused-ring (bicyclic) bond motifs is 7. The van der Waals surface area contributed by atoms with Gasteiger partial charge in [0.05, 0.1) is 5.56 Å². The predicted octanol–water partition coefficient (Wildman–Crippen LogP) is 9.18. The van der Waals surface area contributed by atoms with Crippen LogP contribution in [0.4, 0.5) is 13.2 Å². The standard InChI is InChI=1S/C37H15F3N4/c38-37(39,40)24-9-11-28-30-15-33-29(14-34(30)36(32(28)13-24)23(18-43)19-44)27-10-8-21(12-31(27)35(33)22(16-41)17-42)26-7-3-5-20-4-1-2-6-25(20)26/h1-15H. The van der Waals surface area contributed by atoms with Gasteiger partial charge in [-0.25, -0.2) is 0 Å². The Hall–Kier alpha value is -6.41. The third kappa shape index (κ3) is 3.75. The van der Waals surface area contributed by atoms with Crippen LogP contribution in [0.3, 0.4) is 0 Å². The molecule has 7 heteroatoms. The van der Waals surface area contributed by atoms with E-state index >= 15 is 0 Å². The van der Waals surface area contributed by atoms with Crippen molar-refractivity contribution >= 4 is 21.9 Å². The molecule has 0 amide bonds. The summed E-state index contributed by atoms with van der Waals surface area (Å²) in [4.78, 5) is 0. The second-order valence-electron chi connectivity index (χ2n) is 10.4. The fourth-order valence-electron chi connectivity index (χ4n) is 6.35. The summed E-state index contributed by atoms with van der Waals surface area (Å²) in [6.45, 7) is 0. The van der Waals surface area contributed by atoms with E-state index in [4.69, 9.17) is 0 Å². The molecule has 7 rings (SSSR count). The maximum absolute atomic E-state index is 13.7. The summed E-state index contributed by atoms with van der Waals surface area (Å²) in [6, 6.07) is 34.3. The van der Waals surface area contributed by atoms with E-state index in [0.29, 0.717) is 39.0 Å². The zero-order valence-electron chi connectivity index (χ0n) is 22.6. The van der Waals surface area contributed by atoms with Crippen LogP contribution >= 0.6 is 0 Å². The number of benzene rings is 5. The van der Waals surface area contributed by atoms with E-state index in [1.54, 1.807) is 12.1 Å². The first-order valence-corrected chi connectivity index (χ1v) is 13.4. The van der Waals surface area contributed by atoms with Crippen LogP contribution < -0.4 is 0 Å². The molecule has 0 atom stereocenters. The summed E-state index contributed by atoms with van der Waals surface area (Å²) in [6.07, 6.45) is -4.62. The highest BCUT2D eigenvalue weighted by Crippen LogP contribution is 2.54. The predicted molar refractivity (Wildman–Crippen MR) is 160 cm³/mol. The minimum atomic E-state index is -4.62. The van der Waals surface area contributed by atoms with Gasteiger partial charge in [0.15, 0.2) is 0 Å². The average molecular weight is 573 g/mol. The maximum atomic E-state index is 13.7. The minimum Gasteiger partial charge on any atom is -0.192 e. The molecule has 44 heavy (non-hydrogen) atoms. The molecule has 2 aliphatic rings. The Morgan fingerprint density at radius 2 is 1.00 bits per heavy atom. The van der Waals surface area contributed by atoms with Gasteiger partial charge in [0.1, 0.15) is 35.4 Å². The van der Waals surface area contributed by atoms with Crippen molar-refractivity contribution in [1.82, 2.24) is 0 Å². The van der Waals surface area contributed by atoms with Gasteiger partial charge in [0.25, 0.3) is 0 Å². The number of halogens is 3. The SMILES string of the molecule is N#CC(C#N)=C1c2cc(-c3cccc4ccccc34)ccc2-c2cc3c(cc21)-c1ccc(C(F)(F)F)cc1C3=C(C#N)C#N. The summed E-state index contributed by atoms with van der Waals surface area (Å²) in [5, 5.41) is 41.6. The first-order valence-electron chi connectivity index (χ1n) is 13.4. The lowest BCUT2D eigenvalue weighted by Gasteiger charge is -2.10. The summed E-state index contributed by atoms with van der Waals surface area (Å²) >= 11 is 0. The van der Waals surface area contributed by atoms with Gasteiger partial charge in [-0.1, -0.05) is 60.7 Å². The quantitative estimate of drug-likeness (QED) is 0.183. The molecule has 0 bridgehead atoms. The van der Waals surface area contributed by atoms with E-state index in [-0.39, 0.29) is 22.3 Å². The Kier molecular flexibility index (Phi) is 5.76. The molecule has 5 aromatic rings. The van der Waals surface area contributed by atoms with Crippen molar-refractivity contribution in [3.63, 3.8) is 0 Å². The Labute approximate surface area is 249 Å². The van der Waals surface area contributed by atoms with E-state index in [9.17, 15) is 34.2 Å². The number of nitrogens with zero attached hydrogens (tertiary/aromatic N) is 4. The van der Waals surface area contributed by atoms with E-state index in [0.717, 1.165) is 39.6 Å². The fraction of sp³-hybridized carbons (Fsp3) is 0.0270. The van der Waals surface area contributed by atoms with Crippen LogP contribution in [-0.2, 0) is 6.18 Å². The summed E-state index contributed by atoms with van der Waals surface area (Å²) in [5.74, 6) is 0. The van der Waals surface area contributed by atoms with E-state index < -0.39 is 11.7 Å². The first-order chi connectivity index (χ1) is 21.3. The molecular formula is C37H15F3N4. The van der Waals surface area contributed by atoms with E-state index in [1.807, 2.05) is 84.9 Å². The second kappa shape index (κ2) is 9.57. The topological polar surface area (TPSA) is 95.2 Å². The van der Waals surface area contributed by atoms with Gasteiger partial charge >= 0.3 is 6.18 Å². The lowest BCUT2D eigenvalue weighted by atomic mass is 9.93. The van der Waals surface area contributed by atoms with Gasteiger partial charge in [0, 0.05) is 11.1 Å². The molecule has 0 radical (unpaired) electrons. The van der Waals surface area contributed by atoms with Gasteiger partial charge in [-0.2, -0.15) is 34.2 Å². The molecule has 0 heterocycles. The van der Waals surface area contributed by atoms with E-state index in [2.05, 4.69) is 0 Å². The second-order valence-corrected chi connectivity index (χ2v) is 10.4. The summed E-state index contributed by atoms with van der Waals surface area (Å²) < 4.78 is 41.0. The molecule has 0 spiro atoms. The zero-order chi connectivity index (χ0) is 30.7. The summed E-state index contributed by atoms with van der Waals surface area (Å²) in [7, 11) is 0. The van der Waals surface area contributed by atoms with Gasteiger partial charge in [-0.15, -0.1) is 0 Å². The lowest BCUT2D eigenvalue weighted by molar-refractivity contribution is -0.137. The monoisotopic (exact) mass is 572 g/mol. The number of nitriles is 4. The Morgan fingerprint density at radius 1 is 0.477 bits per heavy atom. The number of rotatable bonds is 1. The molecule has 0 N–H and O–H groups in total. The highest BCUT2D eigenvalue weighted by Gasteiger charge is 2.37. The van der Waals surface area contributed by atoms with Gasteiger partial charge in [0.2, 0.25) is 0 Å². The number of hydrogen-bond acceptors (Lipinski definition) is 4. The molecule has 4 nitrogen and oxygen atoms in total. The smallest absolute Gasteiger partial charge is 0.192 e. The van der Waals surface area contributed by atoms with Crippen LogP contribution in [0, 0.1) is 45.3 Å². The maximum Gasteiger partial charge on any atom is 0.416 e. The molecule has 0 saturated carbocycles. The largest absolute Gasteiger partial charge is 0.416 e. The van der Waals surface area contributed by atoms with Crippen molar-refractivity contribution in [2.24, 2.45) is 0 Å². The van der Waals surface area contributed by atoms with Gasteiger partial charge in [-0.3, -0.25) is 0 Å². The van der Waals surface area contributed by atoms with Crippen molar-refractivity contribution < 1.29 is 13.2 Å². The number of alkyl halides is 3. The van der Waals surface area contributed by atoms with Crippen molar-refractivity contribution in [2.75, 3.05) is 0 Å². The van der Waals surface area contributed by atoms with Gasteiger partial charge in [-0.05, 0) is 96.7 Å². The molecule has 5 aromatic carbocycles. The van der Waals surface area contributed by atoms with Crippen molar-refractivity contribution in [3.8, 4) is 57.7 Å². The molecule has 204 valence electrons. The van der Waals surface area contributed by atoms with E-state index in [1.165, 1.54) is 6.07 Å². The number of allylic oxidation sites excluding steroid dienone is 2. The molecule has 0 fully saturated rings.